The van der Waals surface area contributed by atoms with Gasteiger partial charge in [0.05, 0.1) is 0 Å². The van der Waals surface area contributed by atoms with Gasteiger partial charge in [0.2, 0.25) is 0 Å². The van der Waals surface area contributed by atoms with Crippen LogP contribution in [0.3, 0.4) is 0 Å². The maximum absolute atomic E-state index is 13.0. The Morgan fingerprint density at radius 1 is 1.38 bits per heavy atom. The SMILES string of the molecule is CC(N)C(C)CN(C)Cc1cccc(F)c1. The molecule has 16 heavy (non-hydrogen) atoms. The lowest BCUT2D eigenvalue weighted by Gasteiger charge is -2.23. The highest BCUT2D eigenvalue weighted by Crippen LogP contribution is 2.09. The Kier molecular flexibility index (Phi) is 4.90. The normalized spacial score (nSPS) is 15.1. The molecular formula is C13H21FN2. The maximum Gasteiger partial charge on any atom is 0.123 e. The van der Waals surface area contributed by atoms with Gasteiger partial charge in [-0.1, -0.05) is 19.1 Å². The van der Waals surface area contributed by atoms with Crippen molar-refractivity contribution in [3.63, 3.8) is 0 Å². The van der Waals surface area contributed by atoms with E-state index in [0.717, 1.165) is 18.7 Å². The Bertz CT molecular complexity index is 325. The summed E-state index contributed by atoms with van der Waals surface area (Å²) in [5, 5.41) is 0. The van der Waals surface area contributed by atoms with Crippen molar-refractivity contribution >= 4 is 0 Å². The fourth-order valence-electron chi connectivity index (χ4n) is 1.67. The summed E-state index contributed by atoms with van der Waals surface area (Å²) in [4.78, 5) is 2.17. The van der Waals surface area contributed by atoms with Crippen LogP contribution in [0.2, 0.25) is 0 Å². The largest absolute Gasteiger partial charge is 0.328 e. The van der Waals surface area contributed by atoms with E-state index >= 15 is 0 Å². The highest BCUT2D eigenvalue weighted by atomic mass is 19.1. The highest BCUT2D eigenvalue weighted by Gasteiger charge is 2.10. The molecule has 3 heteroatoms. The molecule has 0 aliphatic carbocycles. The topological polar surface area (TPSA) is 29.3 Å². The van der Waals surface area contributed by atoms with E-state index in [9.17, 15) is 4.39 Å². The second-order valence-electron chi connectivity index (χ2n) is 4.66. The van der Waals surface area contributed by atoms with Crippen LogP contribution in [0.1, 0.15) is 19.4 Å². The van der Waals surface area contributed by atoms with Crippen LogP contribution in [0, 0.1) is 11.7 Å². The first-order valence-electron chi connectivity index (χ1n) is 5.67. The predicted octanol–water partition coefficient (Wildman–Crippen LogP) is 2.24. The smallest absolute Gasteiger partial charge is 0.123 e. The van der Waals surface area contributed by atoms with Crippen molar-refractivity contribution in [2.24, 2.45) is 11.7 Å². The van der Waals surface area contributed by atoms with E-state index in [0.29, 0.717) is 5.92 Å². The minimum Gasteiger partial charge on any atom is -0.328 e. The van der Waals surface area contributed by atoms with Gasteiger partial charge >= 0.3 is 0 Å². The fourth-order valence-corrected chi connectivity index (χ4v) is 1.67. The van der Waals surface area contributed by atoms with Gasteiger partial charge in [0.1, 0.15) is 5.82 Å². The van der Waals surface area contributed by atoms with Gasteiger partial charge < -0.3 is 10.6 Å². The molecule has 2 unspecified atom stereocenters. The van der Waals surface area contributed by atoms with Gasteiger partial charge in [-0.2, -0.15) is 0 Å². The van der Waals surface area contributed by atoms with Crippen molar-refractivity contribution in [1.29, 1.82) is 0 Å². The minimum absolute atomic E-state index is 0.175. The molecule has 0 spiro atoms. The molecule has 0 radical (unpaired) electrons. The van der Waals surface area contributed by atoms with Crippen molar-refractivity contribution in [3.05, 3.63) is 35.6 Å². The van der Waals surface area contributed by atoms with Crippen LogP contribution in [0.25, 0.3) is 0 Å². The van der Waals surface area contributed by atoms with Crippen LogP contribution in [0.5, 0.6) is 0 Å². The van der Waals surface area contributed by atoms with Crippen LogP contribution >= 0.6 is 0 Å². The van der Waals surface area contributed by atoms with Crippen LogP contribution in [0.15, 0.2) is 24.3 Å². The van der Waals surface area contributed by atoms with Gasteiger partial charge in [-0.05, 0) is 37.6 Å². The van der Waals surface area contributed by atoms with E-state index in [1.807, 2.05) is 20.0 Å². The van der Waals surface area contributed by atoms with E-state index in [-0.39, 0.29) is 11.9 Å². The van der Waals surface area contributed by atoms with E-state index in [2.05, 4.69) is 11.8 Å². The third-order valence-corrected chi connectivity index (χ3v) is 2.84. The zero-order valence-corrected chi connectivity index (χ0v) is 10.3. The Morgan fingerprint density at radius 2 is 2.06 bits per heavy atom. The van der Waals surface area contributed by atoms with Crippen molar-refractivity contribution in [2.75, 3.05) is 13.6 Å². The summed E-state index contributed by atoms with van der Waals surface area (Å²) >= 11 is 0. The standard InChI is InChI=1S/C13H21FN2/c1-10(11(2)15)8-16(3)9-12-5-4-6-13(14)7-12/h4-7,10-11H,8-9,15H2,1-3H3. The van der Waals surface area contributed by atoms with Crippen molar-refractivity contribution in [1.82, 2.24) is 4.90 Å². The first-order chi connectivity index (χ1) is 7.49. The van der Waals surface area contributed by atoms with Crippen LogP contribution in [-0.2, 0) is 6.54 Å². The summed E-state index contributed by atoms with van der Waals surface area (Å²) < 4.78 is 13.0. The summed E-state index contributed by atoms with van der Waals surface area (Å²) in [5.41, 5.74) is 6.81. The number of halogens is 1. The van der Waals surface area contributed by atoms with Crippen LogP contribution in [0.4, 0.5) is 4.39 Å². The lowest BCUT2D eigenvalue weighted by Crippen LogP contribution is -2.34. The lowest BCUT2D eigenvalue weighted by atomic mass is 10.0. The number of rotatable bonds is 5. The summed E-state index contributed by atoms with van der Waals surface area (Å²) in [6.07, 6.45) is 0. The zero-order valence-electron chi connectivity index (χ0n) is 10.3. The Labute approximate surface area is 97.3 Å². The molecule has 2 nitrogen and oxygen atoms in total. The second-order valence-corrected chi connectivity index (χ2v) is 4.66. The van der Waals surface area contributed by atoms with Gasteiger partial charge in [0.15, 0.2) is 0 Å². The molecule has 1 aromatic carbocycles. The molecule has 0 aliphatic rings. The first kappa shape index (κ1) is 13.1. The quantitative estimate of drug-likeness (QED) is 0.831. The number of hydrogen-bond acceptors (Lipinski definition) is 2. The van der Waals surface area contributed by atoms with Crippen molar-refractivity contribution in [3.8, 4) is 0 Å². The highest BCUT2D eigenvalue weighted by molar-refractivity contribution is 5.15. The Balaban J connectivity index is 2.48. The second kappa shape index (κ2) is 5.97. The minimum atomic E-state index is -0.175. The lowest BCUT2D eigenvalue weighted by molar-refractivity contribution is 0.261. The molecular weight excluding hydrogens is 203 g/mol. The van der Waals surface area contributed by atoms with Gasteiger partial charge in [0, 0.05) is 19.1 Å². The molecule has 2 N–H and O–H groups in total. The molecule has 0 bridgehead atoms. The summed E-state index contributed by atoms with van der Waals surface area (Å²) in [7, 11) is 2.03. The number of nitrogens with two attached hydrogens (primary N) is 1. The first-order valence-corrected chi connectivity index (χ1v) is 5.67. The van der Waals surface area contributed by atoms with Gasteiger partial charge in [0.25, 0.3) is 0 Å². The number of benzene rings is 1. The molecule has 1 aromatic rings. The molecule has 0 aliphatic heterocycles. The van der Waals surface area contributed by atoms with Gasteiger partial charge in [-0.15, -0.1) is 0 Å². The number of nitrogens with zero attached hydrogens (tertiary/aromatic N) is 1. The molecule has 0 heterocycles. The average molecular weight is 224 g/mol. The van der Waals surface area contributed by atoms with Gasteiger partial charge in [-0.25, -0.2) is 4.39 Å². The van der Waals surface area contributed by atoms with Crippen molar-refractivity contribution < 1.29 is 4.39 Å². The molecule has 90 valence electrons. The molecule has 0 aromatic heterocycles. The Hall–Kier alpha value is -0.930. The monoisotopic (exact) mass is 224 g/mol. The Morgan fingerprint density at radius 3 is 2.62 bits per heavy atom. The zero-order chi connectivity index (χ0) is 12.1. The summed E-state index contributed by atoms with van der Waals surface area (Å²) in [6, 6.07) is 6.92. The fraction of sp³-hybridized carbons (Fsp3) is 0.538. The van der Waals surface area contributed by atoms with E-state index in [4.69, 9.17) is 5.73 Å². The predicted molar refractivity (Wildman–Crippen MR) is 65.5 cm³/mol. The molecule has 0 saturated carbocycles. The molecule has 0 amide bonds. The molecule has 0 saturated heterocycles. The van der Waals surface area contributed by atoms with E-state index < -0.39 is 0 Å². The summed E-state index contributed by atoms with van der Waals surface area (Å²) in [6.45, 7) is 5.83. The third kappa shape index (κ3) is 4.29. The van der Waals surface area contributed by atoms with E-state index in [1.165, 1.54) is 6.07 Å². The maximum atomic E-state index is 13.0. The molecule has 2 atom stereocenters. The molecule has 1 rings (SSSR count). The van der Waals surface area contributed by atoms with Crippen LogP contribution in [-0.4, -0.2) is 24.5 Å². The average Bonchev–Trinajstić information content (AvgIpc) is 2.16. The van der Waals surface area contributed by atoms with E-state index in [1.54, 1.807) is 12.1 Å². The van der Waals surface area contributed by atoms with Crippen molar-refractivity contribution in [2.45, 2.75) is 26.4 Å². The molecule has 0 fully saturated rings. The van der Waals surface area contributed by atoms with Gasteiger partial charge in [-0.3, -0.25) is 0 Å². The summed E-state index contributed by atoms with van der Waals surface area (Å²) in [5.74, 6) is 0.268. The third-order valence-electron chi connectivity index (χ3n) is 2.84. The number of hydrogen-bond donors (Lipinski definition) is 1. The van der Waals surface area contributed by atoms with Crippen LogP contribution < -0.4 is 5.73 Å².